The minimum atomic E-state index is -4.22. The van der Waals surface area contributed by atoms with Crippen LogP contribution in [0.5, 0.6) is 5.75 Å². The Bertz CT molecular complexity index is 1260. The summed E-state index contributed by atoms with van der Waals surface area (Å²) in [5, 5.41) is 8.62. The summed E-state index contributed by atoms with van der Waals surface area (Å²) in [5.41, 5.74) is 1.99. The van der Waals surface area contributed by atoms with E-state index in [-0.39, 0.29) is 25.8 Å². The number of alkyl halides is 3. The van der Waals surface area contributed by atoms with Gasteiger partial charge in [-0.3, -0.25) is 9.59 Å². The second kappa shape index (κ2) is 31.9. The Morgan fingerprint density at radius 1 is 0.961 bits per heavy atom. The minimum absolute atomic E-state index is 0. The molecule has 9 heteroatoms. The first-order chi connectivity index (χ1) is 23.7. The summed E-state index contributed by atoms with van der Waals surface area (Å²) in [6.45, 7) is 23.3. The summed E-state index contributed by atoms with van der Waals surface area (Å²) in [4.78, 5) is 24.3. The third kappa shape index (κ3) is 28.4. The maximum Gasteiger partial charge on any atom is 0.416 e. The van der Waals surface area contributed by atoms with Crippen molar-refractivity contribution in [3.8, 4) is 5.75 Å². The lowest BCUT2D eigenvalue weighted by Crippen LogP contribution is -2.48. The smallest absolute Gasteiger partial charge is 0.416 e. The van der Waals surface area contributed by atoms with Crippen molar-refractivity contribution in [1.82, 2.24) is 16.0 Å². The van der Waals surface area contributed by atoms with E-state index in [0.29, 0.717) is 31.1 Å². The zero-order chi connectivity index (χ0) is 38.4. The number of hydrogen-bond acceptors (Lipinski definition) is 4. The van der Waals surface area contributed by atoms with Crippen LogP contribution in [0.3, 0.4) is 0 Å². The monoisotopic (exact) mass is 720 g/mol. The molecule has 2 amide bonds. The highest BCUT2D eigenvalue weighted by atomic mass is 19.4. The van der Waals surface area contributed by atoms with E-state index in [1.165, 1.54) is 12.5 Å². The van der Waals surface area contributed by atoms with Gasteiger partial charge in [-0.1, -0.05) is 135 Å². The molecule has 2 rings (SSSR count). The molecule has 0 heterocycles. The molecular weight excluding hydrogens is 651 g/mol. The number of benzene rings is 2. The summed E-state index contributed by atoms with van der Waals surface area (Å²) < 4.78 is 41.7. The van der Waals surface area contributed by atoms with E-state index in [1.54, 1.807) is 13.0 Å². The molecule has 2 aromatic rings. The first-order valence-corrected chi connectivity index (χ1v) is 17.8. The van der Waals surface area contributed by atoms with Crippen molar-refractivity contribution < 1.29 is 27.5 Å². The fourth-order valence-corrected chi connectivity index (χ4v) is 3.82. The highest BCUT2D eigenvalue weighted by Gasteiger charge is 2.29. The van der Waals surface area contributed by atoms with E-state index >= 15 is 0 Å². The summed E-state index contributed by atoms with van der Waals surface area (Å²) >= 11 is 0. The highest BCUT2D eigenvalue weighted by molar-refractivity contribution is 5.88. The zero-order valence-electron chi connectivity index (χ0n) is 32.0. The summed E-state index contributed by atoms with van der Waals surface area (Å²) in [7, 11) is 0. The molecule has 0 radical (unpaired) electrons. The van der Waals surface area contributed by atoms with Gasteiger partial charge in [0.15, 0.2) is 0 Å². The average molecular weight is 720 g/mol. The Hall–Kier alpha value is -4.01. The minimum Gasteiger partial charge on any atom is -0.493 e. The molecule has 1 atom stereocenters. The number of allylic oxidation sites excluding steroid dienone is 5. The maximum atomic E-state index is 12.3. The van der Waals surface area contributed by atoms with E-state index in [2.05, 4.69) is 75.4 Å². The first-order valence-electron chi connectivity index (χ1n) is 17.8. The predicted octanol–water partition coefficient (Wildman–Crippen LogP) is 10.8. The molecule has 0 saturated carbocycles. The molecule has 0 spiro atoms. The van der Waals surface area contributed by atoms with Crippen molar-refractivity contribution in [1.29, 1.82) is 0 Å². The van der Waals surface area contributed by atoms with Crippen LogP contribution in [0.1, 0.15) is 112 Å². The fourth-order valence-electron chi connectivity index (χ4n) is 3.82. The van der Waals surface area contributed by atoms with Gasteiger partial charge in [-0.05, 0) is 69.6 Å². The van der Waals surface area contributed by atoms with Crippen LogP contribution >= 0.6 is 0 Å². The maximum absolute atomic E-state index is 12.3. The second-order valence-corrected chi connectivity index (χ2v) is 11.9. The van der Waals surface area contributed by atoms with Crippen molar-refractivity contribution in [3.63, 3.8) is 0 Å². The largest absolute Gasteiger partial charge is 0.493 e. The zero-order valence-corrected chi connectivity index (χ0v) is 32.0. The molecule has 0 aliphatic carbocycles. The summed E-state index contributed by atoms with van der Waals surface area (Å²) in [6, 6.07) is 12.7. The van der Waals surface area contributed by atoms with Gasteiger partial charge in [-0.25, -0.2) is 0 Å². The molecule has 0 saturated heterocycles. The second-order valence-electron chi connectivity index (χ2n) is 11.9. The SMILES string of the molecule is C.C/C=C\C=C/C(C)C.C=C(CC)NCC(=O)NC(CC)C(=O)NCCCc1ccccc1OCCC.CCC.Cc1cccc(C(F)(F)F)c1. The number of amides is 2. The normalized spacial score (nSPS) is 11.1. The molecule has 0 fully saturated rings. The third-order valence-electron chi connectivity index (χ3n) is 6.49. The number of carbonyl (C=O) groups is 2. The lowest BCUT2D eigenvalue weighted by Gasteiger charge is -2.17. The van der Waals surface area contributed by atoms with Gasteiger partial charge < -0.3 is 20.7 Å². The van der Waals surface area contributed by atoms with Gasteiger partial charge in [-0.15, -0.1) is 0 Å². The molecule has 0 aliphatic rings. The van der Waals surface area contributed by atoms with E-state index in [1.807, 2.05) is 51.1 Å². The van der Waals surface area contributed by atoms with Crippen LogP contribution in [0.2, 0.25) is 0 Å². The molecule has 6 nitrogen and oxygen atoms in total. The van der Waals surface area contributed by atoms with Crippen LogP contribution in [0, 0.1) is 12.8 Å². The lowest BCUT2D eigenvalue weighted by molar-refractivity contribution is -0.137. The van der Waals surface area contributed by atoms with Crippen molar-refractivity contribution in [2.45, 2.75) is 120 Å². The van der Waals surface area contributed by atoms with E-state index in [9.17, 15) is 22.8 Å². The van der Waals surface area contributed by atoms with Crippen LogP contribution in [-0.2, 0) is 22.2 Å². The van der Waals surface area contributed by atoms with Crippen LogP contribution in [0.25, 0.3) is 0 Å². The summed E-state index contributed by atoms with van der Waals surface area (Å²) in [6.07, 6.45) is 9.25. The van der Waals surface area contributed by atoms with Gasteiger partial charge in [0.2, 0.25) is 11.8 Å². The quantitative estimate of drug-likeness (QED) is 0.119. The van der Waals surface area contributed by atoms with Crippen molar-refractivity contribution in [2.24, 2.45) is 5.92 Å². The number of para-hydroxylation sites is 1. The number of rotatable bonds is 16. The highest BCUT2D eigenvalue weighted by Crippen LogP contribution is 2.29. The summed E-state index contributed by atoms with van der Waals surface area (Å²) in [5.74, 6) is 1.22. The van der Waals surface area contributed by atoms with Crippen molar-refractivity contribution in [3.05, 3.63) is 102 Å². The molecule has 51 heavy (non-hydrogen) atoms. The predicted molar refractivity (Wildman–Crippen MR) is 211 cm³/mol. The number of aryl methyl sites for hydroxylation is 2. The van der Waals surface area contributed by atoms with Crippen LogP contribution < -0.4 is 20.7 Å². The van der Waals surface area contributed by atoms with Crippen molar-refractivity contribution in [2.75, 3.05) is 19.7 Å². The Labute approximate surface area is 308 Å². The van der Waals surface area contributed by atoms with Gasteiger partial charge in [-0.2, -0.15) is 13.2 Å². The first kappa shape index (κ1) is 51.4. The topological polar surface area (TPSA) is 79.5 Å². The number of hydrogen-bond donors (Lipinski definition) is 3. The molecule has 290 valence electrons. The number of nitrogens with one attached hydrogen (secondary N) is 3. The van der Waals surface area contributed by atoms with E-state index in [0.717, 1.165) is 54.8 Å². The van der Waals surface area contributed by atoms with E-state index in [4.69, 9.17) is 4.74 Å². The lowest BCUT2D eigenvalue weighted by atomic mass is 10.1. The fraction of sp³-hybridized carbons (Fsp3) is 0.524. The molecule has 1 unspecified atom stereocenters. The van der Waals surface area contributed by atoms with Gasteiger partial charge >= 0.3 is 6.18 Å². The molecular formula is C42H68F3N3O3. The van der Waals surface area contributed by atoms with Gasteiger partial charge in [0.25, 0.3) is 0 Å². The molecule has 0 aromatic heterocycles. The third-order valence-corrected chi connectivity index (χ3v) is 6.49. The number of carbonyl (C=O) groups excluding carboxylic acids is 2. The number of ether oxygens (including phenoxy) is 1. The standard InChI is InChI=1S/C22H35N3O3.C8H7F3.C8H14.C3H8.CH4/c1-5-15-28-20-13-9-8-11-18(20)12-10-14-23-22(27)19(7-3)25-21(26)16-24-17(4)6-2;1-6-3-2-4-7(5-6)8(9,10)11;1-4-5-6-7-8(2)3;1-3-2;/h8-9,11,13,19,24H,4-7,10,12,14-16H2,1-3H3,(H,23,27)(H,25,26);2-5H,1H3;4-8H,1-3H3;3H2,1-2H3;1H4/b;;5-4-,7-6-;;. The van der Waals surface area contributed by atoms with Crippen molar-refractivity contribution >= 4 is 11.8 Å². The molecule has 2 aromatic carbocycles. The Balaban J connectivity index is -0.000000814. The van der Waals surface area contributed by atoms with Gasteiger partial charge in [0.05, 0.1) is 18.7 Å². The van der Waals surface area contributed by atoms with E-state index < -0.39 is 17.8 Å². The molecule has 0 bridgehead atoms. The number of halogens is 3. The molecule has 0 aliphatic heterocycles. The Morgan fingerprint density at radius 3 is 2.12 bits per heavy atom. The average Bonchev–Trinajstić information content (AvgIpc) is 3.08. The Morgan fingerprint density at radius 2 is 1.61 bits per heavy atom. The van der Waals surface area contributed by atoms with Crippen LogP contribution in [0.4, 0.5) is 13.2 Å². The Kier molecular flexibility index (Phi) is 32.2. The van der Waals surface area contributed by atoms with Crippen LogP contribution in [-0.4, -0.2) is 37.6 Å². The van der Waals surface area contributed by atoms with Gasteiger partial charge in [0.1, 0.15) is 11.8 Å². The van der Waals surface area contributed by atoms with Crippen LogP contribution in [0.15, 0.2) is 85.1 Å². The van der Waals surface area contributed by atoms with Gasteiger partial charge in [0, 0.05) is 12.2 Å². The molecule has 3 N–H and O–H groups in total.